The number of esters is 1. The molecule has 0 unspecified atom stereocenters. The Morgan fingerprint density at radius 3 is 2.65 bits per heavy atom. The Labute approximate surface area is 116 Å². The topological polar surface area (TPSA) is 91.1 Å². The van der Waals surface area contributed by atoms with Crippen LogP contribution in [0.15, 0.2) is 10.7 Å². The van der Waals surface area contributed by atoms with Gasteiger partial charge in [0.15, 0.2) is 5.69 Å². The molecule has 1 amide bonds. The highest BCUT2D eigenvalue weighted by Gasteiger charge is 2.18. The van der Waals surface area contributed by atoms with Gasteiger partial charge in [0.05, 0.1) is 20.3 Å². The van der Waals surface area contributed by atoms with E-state index < -0.39 is 5.97 Å². The molecule has 0 aromatic carbocycles. The third-order valence-electron chi connectivity index (χ3n) is 2.46. The van der Waals surface area contributed by atoms with Gasteiger partial charge in [-0.1, -0.05) is 0 Å². The van der Waals surface area contributed by atoms with Crippen LogP contribution in [0.1, 0.15) is 16.4 Å². The lowest BCUT2D eigenvalue weighted by molar-refractivity contribution is -0.136. The van der Waals surface area contributed by atoms with Gasteiger partial charge in [-0.2, -0.15) is 0 Å². The number of aromatic nitrogens is 1. The monoisotopic (exact) mass is 286 g/mol. The number of nitrogens with zero attached hydrogens (tertiary/aromatic N) is 2. The van der Waals surface area contributed by atoms with Crippen molar-refractivity contribution in [1.29, 1.82) is 0 Å². The van der Waals surface area contributed by atoms with Crippen molar-refractivity contribution in [3.8, 4) is 0 Å². The highest BCUT2D eigenvalue weighted by molar-refractivity contribution is 5.86. The van der Waals surface area contributed by atoms with Crippen LogP contribution >= 0.6 is 0 Å². The molecule has 1 aromatic rings. The van der Waals surface area contributed by atoms with Gasteiger partial charge < -0.3 is 23.5 Å². The lowest BCUT2D eigenvalue weighted by Gasteiger charge is -2.20. The minimum Gasteiger partial charge on any atom is -0.464 e. The number of amides is 1. The van der Waals surface area contributed by atoms with Gasteiger partial charge in [0.25, 0.3) is 0 Å². The average molecular weight is 286 g/mol. The highest BCUT2D eigenvalue weighted by Crippen LogP contribution is 2.07. The number of carbonyl (C=O) groups excluding carboxylic acids is 2. The minimum atomic E-state index is -0.591. The third kappa shape index (κ3) is 4.63. The van der Waals surface area contributed by atoms with Crippen molar-refractivity contribution in [1.82, 2.24) is 9.88 Å². The summed E-state index contributed by atoms with van der Waals surface area (Å²) in [6.07, 6.45) is 1.19. The lowest BCUT2D eigenvalue weighted by atomic mass is 10.4. The molecule has 1 aromatic heterocycles. The SMILES string of the molecule is COCCN(Cc1nc(C(=O)OC)co1)C(=O)COC. The average Bonchev–Trinajstić information content (AvgIpc) is 2.91. The second-order valence-corrected chi connectivity index (χ2v) is 3.86. The predicted octanol–water partition coefficient (Wildman–Crippen LogP) is 0.0826. The summed E-state index contributed by atoms with van der Waals surface area (Å²) in [4.78, 5) is 28.5. The van der Waals surface area contributed by atoms with Gasteiger partial charge in [-0.05, 0) is 0 Å². The first-order valence-corrected chi connectivity index (χ1v) is 5.90. The lowest BCUT2D eigenvalue weighted by Crippen LogP contribution is -2.36. The van der Waals surface area contributed by atoms with Crippen LogP contribution in [0, 0.1) is 0 Å². The van der Waals surface area contributed by atoms with E-state index in [0.717, 1.165) is 0 Å². The fourth-order valence-electron chi connectivity index (χ4n) is 1.45. The summed E-state index contributed by atoms with van der Waals surface area (Å²) in [6, 6.07) is 0. The van der Waals surface area contributed by atoms with E-state index in [2.05, 4.69) is 9.72 Å². The minimum absolute atomic E-state index is 0.0473. The molecular weight excluding hydrogens is 268 g/mol. The molecular formula is C12H18N2O6. The number of oxazole rings is 1. The predicted molar refractivity (Wildman–Crippen MR) is 67.0 cm³/mol. The van der Waals surface area contributed by atoms with Crippen molar-refractivity contribution in [2.24, 2.45) is 0 Å². The zero-order valence-electron chi connectivity index (χ0n) is 11.7. The summed E-state index contributed by atoms with van der Waals surface area (Å²) >= 11 is 0. The van der Waals surface area contributed by atoms with Crippen molar-refractivity contribution in [2.45, 2.75) is 6.54 Å². The number of methoxy groups -OCH3 is 3. The smallest absolute Gasteiger partial charge is 0.360 e. The van der Waals surface area contributed by atoms with Crippen molar-refractivity contribution in [3.05, 3.63) is 17.8 Å². The van der Waals surface area contributed by atoms with Crippen molar-refractivity contribution < 1.29 is 28.2 Å². The normalized spacial score (nSPS) is 10.3. The molecule has 8 nitrogen and oxygen atoms in total. The maximum atomic E-state index is 11.8. The number of rotatable bonds is 8. The summed E-state index contributed by atoms with van der Waals surface area (Å²) in [5, 5.41) is 0. The molecule has 0 bridgehead atoms. The molecule has 0 aliphatic heterocycles. The molecule has 0 aliphatic carbocycles. The molecule has 0 saturated heterocycles. The Hall–Kier alpha value is -1.93. The van der Waals surface area contributed by atoms with E-state index in [1.54, 1.807) is 7.11 Å². The Balaban J connectivity index is 2.70. The molecule has 20 heavy (non-hydrogen) atoms. The van der Waals surface area contributed by atoms with E-state index in [4.69, 9.17) is 13.9 Å². The third-order valence-corrected chi connectivity index (χ3v) is 2.46. The largest absolute Gasteiger partial charge is 0.464 e. The first-order chi connectivity index (χ1) is 9.62. The van der Waals surface area contributed by atoms with Gasteiger partial charge >= 0.3 is 5.97 Å². The van der Waals surface area contributed by atoms with Crippen LogP contribution < -0.4 is 0 Å². The maximum absolute atomic E-state index is 11.8. The Bertz CT molecular complexity index is 445. The first kappa shape index (κ1) is 16.1. The number of ether oxygens (including phenoxy) is 3. The van der Waals surface area contributed by atoms with E-state index in [9.17, 15) is 9.59 Å². The van der Waals surface area contributed by atoms with E-state index in [1.165, 1.54) is 25.4 Å². The van der Waals surface area contributed by atoms with Crippen LogP contribution in [0.2, 0.25) is 0 Å². The van der Waals surface area contributed by atoms with Gasteiger partial charge in [0, 0.05) is 20.8 Å². The molecule has 1 heterocycles. The van der Waals surface area contributed by atoms with Gasteiger partial charge in [-0.3, -0.25) is 4.79 Å². The second-order valence-electron chi connectivity index (χ2n) is 3.86. The van der Waals surface area contributed by atoms with Crippen molar-refractivity contribution in [2.75, 3.05) is 41.1 Å². The molecule has 0 spiro atoms. The van der Waals surface area contributed by atoms with E-state index in [1.807, 2.05) is 0 Å². The molecule has 1 rings (SSSR count). The van der Waals surface area contributed by atoms with Gasteiger partial charge in [0.2, 0.25) is 11.8 Å². The highest BCUT2D eigenvalue weighted by atomic mass is 16.5. The summed E-state index contributed by atoms with van der Waals surface area (Å²) < 4.78 is 19.4. The van der Waals surface area contributed by atoms with E-state index in [-0.39, 0.29) is 30.6 Å². The number of hydrogen-bond donors (Lipinski definition) is 0. The zero-order chi connectivity index (χ0) is 15.0. The molecule has 0 fully saturated rings. The van der Waals surface area contributed by atoms with Crippen LogP contribution in [0.5, 0.6) is 0 Å². The Morgan fingerprint density at radius 1 is 1.30 bits per heavy atom. The molecule has 0 atom stereocenters. The van der Waals surface area contributed by atoms with Crippen LogP contribution in [0.25, 0.3) is 0 Å². The van der Waals surface area contributed by atoms with Gasteiger partial charge in [0.1, 0.15) is 12.9 Å². The number of carbonyl (C=O) groups is 2. The number of hydrogen-bond acceptors (Lipinski definition) is 7. The molecule has 112 valence electrons. The summed E-state index contributed by atoms with van der Waals surface area (Å²) in [6.45, 7) is 0.825. The van der Waals surface area contributed by atoms with Crippen LogP contribution in [0.4, 0.5) is 0 Å². The Morgan fingerprint density at radius 2 is 2.05 bits per heavy atom. The van der Waals surface area contributed by atoms with Crippen LogP contribution in [0.3, 0.4) is 0 Å². The molecule has 0 saturated carbocycles. The Kier molecular flexibility index (Phi) is 6.68. The summed E-state index contributed by atoms with van der Waals surface area (Å²) in [5.41, 5.74) is 0.0633. The summed E-state index contributed by atoms with van der Waals surface area (Å²) in [5.74, 6) is -0.569. The standard InChI is InChI=1S/C12H18N2O6/c1-17-5-4-14(11(15)8-18-2)6-10-13-9(7-20-10)12(16)19-3/h7H,4-6,8H2,1-3H3. The molecule has 0 radical (unpaired) electrons. The summed E-state index contributed by atoms with van der Waals surface area (Å²) in [7, 11) is 4.23. The fraction of sp³-hybridized carbons (Fsp3) is 0.583. The fourth-order valence-corrected chi connectivity index (χ4v) is 1.45. The molecule has 0 N–H and O–H groups in total. The van der Waals surface area contributed by atoms with Crippen LogP contribution in [-0.4, -0.2) is 62.8 Å². The molecule has 0 aliphatic rings. The van der Waals surface area contributed by atoms with Gasteiger partial charge in [-0.25, -0.2) is 9.78 Å². The quantitative estimate of drug-likeness (QED) is 0.625. The van der Waals surface area contributed by atoms with Gasteiger partial charge in [-0.15, -0.1) is 0 Å². The molecule has 8 heteroatoms. The first-order valence-electron chi connectivity index (χ1n) is 5.90. The van der Waals surface area contributed by atoms with Crippen LogP contribution in [-0.2, 0) is 25.5 Å². The second kappa shape index (κ2) is 8.28. The maximum Gasteiger partial charge on any atom is 0.360 e. The van der Waals surface area contributed by atoms with Crippen molar-refractivity contribution in [3.63, 3.8) is 0 Å². The van der Waals surface area contributed by atoms with Crippen molar-refractivity contribution >= 4 is 11.9 Å². The van der Waals surface area contributed by atoms with E-state index in [0.29, 0.717) is 13.2 Å². The van der Waals surface area contributed by atoms with E-state index >= 15 is 0 Å². The zero-order valence-corrected chi connectivity index (χ0v) is 11.7.